The third-order valence-corrected chi connectivity index (χ3v) is 4.54. The summed E-state index contributed by atoms with van der Waals surface area (Å²) < 4.78 is 7.58. The number of amides is 1. The summed E-state index contributed by atoms with van der Waals surface area (Å²) >= 11 is 0. The monoisotopic (exact) mass is 306 g/mol. The summed E-state index contributed by atoms with van der Waals surface area (Å²) in [6.45, 7) is 5.91. The quantitative estimate of drug-likeness (QED) is 0.811. The first kappa shape index (κ1) is 15.5. The van der Waals surface area contributed by atoms with E-state index in [1.165, 1.54) is 12.8 Å². The van der Waals surface area contributed by atoms with Crippen LogP contribution in [0.4, 0.5) is 0 Å². The zero-order valence-corrected chi connectivity index (χ0v) is 13.8. The summed E-state index contributed by atoms with van der Waals surface area (Å²) in [5.41, 5.74) is 1.53. The fourth-order valence-electron chi connectivity index (χ4n) is 3.00. The van der Waals surface area contributed by atoms with E-state index in [0.29, 0.717) is 25.4 Å². The van der Waals surface area contributed by atoms with Gasteiger partial charge in [0.25, 0.3) is 5.91 Å². The SMILES string of the molecule is Cc1cc(C(=O)N2CCOC(CN(C)CC3CC3)C2)nn1C. The molecule has 2 fully saturated rings. The van der Waals surface area contributed by atoms with Gasteiger partial charge >= 0.3 is 0 Å². The van der Waals surface area contributed by atoms with E-state index < -0.39 is 0 Å². The third kappa shape index (κ3) is 3.67. The molecule has 122 valence electrons. The van der Waals surface area contributed by atoms with Gasteiger partial charge < -0.3 is 14.5 Å². The van der Waals surface area contributed by atoms with Gasteiger partial charge in [0.2, 0.25) is 0 Å². The number of rotatable bonds is 5. The standard InChI is InChI=1S/C16H26N4O2/c1-12-8-15(17-19(12)3)16(21)20-6-7-22-14(11-20)10-18(2)9-13-4-5-13/h8,13-14H,4-7,9-11H2,1-3H3. The second-order valence-electron chi connectivity index (χ2n) is 6.70. The molecule has 1 amide bonds. The summed E-state index contributed by atoms with van der Waals surface area (Å²) in [6.07, 6.45) is 2.82. The van der Waals surface area contributed by atoms with Gasteiger partial charge in [0.15, 0.2) is 5.69 Å². The number of morpholine rings is 1. The molecule has 0 radical (unpaired) electrons. The summed E-state index contributed by atoms with van der Waals surface area (Å²) in [5.74, 6) is 0.893. The Bertz CT molecular complexity index is 519. The molecule has 6 heteroatoms. The second-order valence-corrected chi connectivity index (χ2v) is 6.70. The zero-order chi connectivity index (χ0) is 15.7. The molecule has 0 aromatic carbocycles. The van der Waals surface area contributed by atoms with E-state index in [9.17, 15) is 4.79 Å². The van der Waals surface area contributed by atoms with Crippen molar-refractivity contribution in [2.24, 2.45) is 13.0 Å². The minimum absolute atomic E-state index is 0.0156. The highest BCUT2D eigenvalue weighted by molar-refractivity contribution is 5.92. The molecule has 0 spiro atoms. The third-order valence-electron chi connectivity index (χ3n) is 4.54. The molecule has 0 bridgehead atoms. The minimum atomic E-state index is 0.0156. The van der Waals surface area contributed by atoms with Crippen LogP contribution in [0.15, 0.2) is 6.07 Å². The van der Waals surface area contributed by atoms with Crippen LogP contribution >= 0.6 is 0 Å². The van der Waals surface area contributed by atoms with Crippen LogP contribution in [0.2, 0.25) is 0 Å². The molecule has 1 atom stereocenters. The molecule has 0 N–H and O–H groups in total. The van der Waals surface area contributed by atoms with E-state index in [2.05, 4.69) is 17.0 Å². The van der Waals surface area contributed by atoms with Crippen molar-refractivity contribution in [3.8, 4) is 0 Å². The van der Waals surface area contributed by atoms with Gasteiger partial charge in [-0.05, 0) is 38.8 Å². The Morgan fingerprint density at radius 3 is 2.86 bits per heavy atom. The maximum atomic E-state index is 12.6. The van der Waals surface area contributed by atoms with Crippen molar-refractivity contribution in [1.29, 1.82) is 0 Å². The average Bonchev–Trinajstić information content (AvgIpc) is 3.23. The summed E-state index contributed by atoms with van der Waals surface area (Å²) in [5, 5.41) is 4.29. The molecular weight excluding hydrogens is 280 g/mol. The normalized spacial score (nSPS) is 22.4. The van der Waals surface area contributed by atoms with E-state index >= 15 is 0 Å². The maximum absolute atomic E-state index is 12.6. The van der Waals surface area contributed by atoms with E-state index in [1.807, 2.05) is 24.9 Å². The highest BCUT2D eigenvalue weighted by Gasteiger charge is 2.29. The van der Waals surface area contributed by atoms with Gasteiger partial charge in [0.05, 0.1) is 12.7 Å². The number of hydrogen-bond donors (Lipinski definition) is 0. The summed E-state index contributed by atoms with van der Waals surface area (Å²) in [4.78, 5) is 16.8. The smallest absolute Gasteiger partial charge is 0.274 e. The lowest BCUT2D eigenvalue weighted by atomic mass is 10.2. The van der Waals surface area contributed by atoms with Crippen LogP contribution in [0.25, 0.3) is 0 Å². The van der Waals surface area contributed by atoms with Gasteiger partial charge in [-0.1, -0.05) is 0 Å². The molecule has 22 heavy (non-hydrogen) atoms. The van der Waals surface area contributed by atoms with Gasteiger partial charge in [0.1, 0.15) is 0 Å². The maximum Gasteiger partial charge on any atom is 0.274 e. The second kappa shape index (κ2) is 6.38. The van der Waals surface area contributed by atoms with Crippen LogP contribution < -0.4 is 0 Å². The Hall–Kier alpha value is -1.40. The Labute approximate surface area is 132 Å². The molecule has 6 nitrogen and oxygen atoms in total. The molecule has 1 aliphatic heterocycles. The molecule has 1 saturated carbocycles. The fraction of sp³-hybridized carbons (Fsp3) is 0.750. The lowest BCUT2D eigenvalue weighted by molar-refractivity contribution is -0.0335. The van der Waals surface area contributed by atoms with Crippen LogP contribution in [0, 0.1) is 12.8 Å². The van der Waals surface area contributed by atoms with Crippen molar-refractivity contribution in [3.05, 3.63) is 17.5 Å². The summed E-state index contributed by atoms with van der Waals surface area (Å²) in [6, 6.07) is 1.85. The van der Waals surface area contributed by atoms with Crippen molar-refractivity contribution in [2.75, 3.05) is 39.8 Å². The molecule has 1 aromatic heterocycles. The van der Waals surface area contributed by atoms with E-state index in [-0.39, 0.29) is 12.0 Å². The number of likely N-dealkylation sites (N-methyl/N-ethyl adjacent to an activating group) is 1. The van der Waals surface area contributed by atoms with Gasteiger partial charge in [0, 0.05) is 38.9 Å². The fourth-order valence-corrected chi connectivity index (χ4v) is 3.00. The Morgan fingerprint density at radius 1 is 1.45 bits per heavy atom. The van der Waals surface area contributed by atoms with Crippen LogP contribution in [0.5, 0.6) is 0 Å². The Kier molecular flexibility index (Phi) is 4.49. The topological polar surface area (TPSA) is 50.6 Å². The molecule has 1 saturated heterocycles. The van der Waals surface area contributed by atoms with E-state index in [1.54, 1.807) is 4.68 Å². The number of carbonyl (C=O) groups is 1. The molecule has 2 heterocycles. The van der Waals surface area contributed by atoms with Gasteiger partial charge in [-0.25, -0.2) is 0 Å². The lowest BCUT2D eigenvalue weighted by Gasteiger charge is -2.34. The lowest BCUT2D eigenvalue weighted by Crippen LogP contribution is -2.49. The van der Waals surface area contributed by atoms with Crippen molar-refractivity contribution in [1.82, 2.24) is 19.6 Å². The minimum Gasteiger partial charge on any atom is -0.373 e. The van der Waals surface area contributed by atoms with Crippen LogP contribution in [0.1, 0.15) is 29.0 Å². The van der Waals surface area contributed by atoms with Crippen LogP contribution in [-0.2, 0) is 11.8 Å². The molecule has 1 aliphatic carbocycles. The van der Waals surface area contributed by atoms with E-state index in [4.69, 9.17) is 4.74 Å². The number of hydrogen-bond acceptors (Lipinski definition) is 4. The first-order valence-electron chi connectivity index (χ1n) is 8.13. The molecule has 1 aromatic rings. The van der Waals surface area contributed by atoms with Gasteiger partial charge in [-0.15, -0.1) is 0 Å². The highest BCUT2D eigenvalue weighted by atomic mass is 16.5. The number of nitrogens with zero attached hydrogens (tertiary/aromatic N) is 4. The summed E-state index contributed by atoms with van der Waals surface area (Å²) in [7, 11) is 4.01. The molecule has 2 aliphatic rings. The van der Waals surface area contributed by atoms with E-state index in [0.717, 1.165) is 24.7 Å². The first-order chi connectivity index (χ1) is 10.5. The first-order valence-corrected chi connectivity index (χ1v) is 8.13. The van der Waals surface area contributed by atoms with Crippen molar-refractivity contribution in [2.45, 2.75) is 25.9 Å². The van der Waals surface area contributed by atoms with Gasteiger partial charge in [-0.2, -0.15) is 5.10 Å². The van der Waals surface area contributed by atoms with Crippen LogP contribution in [-0.4, -0.2) is 71.4 Å². The highest BCUT2D eigenvalue weighted by Crippen LogP contribution is 2.29. The number of carbonyl (C=O) groups excluding carboxylic acids is 1. The Balaban J connectivity index is 1.56. The molecule has 3 rings (SSSR count). The van der Waals surface area contributed by atoms with Crippen molar-refractivity contribution >= 4 is 5.91 Å². The van der Waals surface area contributed by atoms with Crippen LogP contribution in [0.3, 0.4) is 0 Å². The molecular formula is C16H26N4O2. The zero-order valence-electron chi connectivity index (χ0n) is 13.8. The number of aromatic nitrogens is 2. The average molecular weight is 306 g/mol. The number of aryl methyl sites for hydroxylation is 2. The Morgan fingerprint density at radius 2 is 2.23 bits per heavy atom. The molecule has 1 unspecified atom stereocenters. The van der Waals surface area contributed by atoms with Crippen molar-refractivity contribution in [3.63, 3.8) is 0 Å². The van der Waals surface area contributed by atoms with Crippen molar-refractivity contribution < 1.29 is 9.53 Å². The predicted octanol–water partition coefficient (Wildman–Crippen LogP) is 0.911. The largest absolute Gasteiger partial charge is 0.373 e. The predicted molar refractivity (Wildman–Crippen MR) is 83.8 cm³/mol. The number of ether oxygens (including phenoxy) is 1. The van der Waals surface area contributed by atoms with Gasteiger partial charge in [-0.3, -0.25) is 9.48 Å².